The molecular formula is C106H116BBr3N4O4. The summed E-state index contributed by atoms with van der Waals surface area (Å²) >= 11 is 9.31. The van der Waals surface area contributed by atoms with E-state index in [1.54, 1.807) is 14.2 Å². The van der Waals surface area contributed by atoms with Crippen LogP contribution in [0, 0.1) is 0 Å². The maximum absolute atomic E-state index is 12.0. The van der Waals surface area contributed by atoms with Crippen molar-refractivity contribution in [1.82, 2.24) is 19.9 Å². The van der Waals surface area contributed by atoms with Crippen LogP contribution >= 0.6 is 47.3 Å². The van der Waals surface area contributed by atoms with Gasteiger partial charge in [-0.15, -0.1) is 47.3 Å². The SMILES string of the molecule is BrB(Br)Br.CC(C)(C)c1ccc(-c2cc(C(C)(C)C)cc(-c3ccc4ccc5ccc(-c6cc(C(C)(C)C)cc(-c7ccc(C(C)(C)C)cc7)c6O)nc5c4n3)c2O)cc1.COc1c(-c2ccc(C(C)(C)C)cc2)cc(C(C)(C)C)cc1-c1ccc2ccc3ccc(-c4cc(C(C)(C)C)cc(-c5ccc(C(C)(C)C)cc5)c4OC)nc3c2n1. The van der Waals surface area contributed by atoms with Gasteiger partial charge in [-0.3, -0.25) is 0 Å². The molecule has 0 aliphatic heterocycles. The van der Waals surface area contributed by atoms with Gasteiger partial charge in [0.15, 0.2) is 0 Å². The van der Waals surface area contributed by atoms with Crippen LogP contribution in [-0.4, -0.2) is 47.6 Å². The van der Waals surface area contributed by atoms with Crippen LogP contribution in [0.25, 0.3) is 133 Å². The van der Waals surface area contributed by atoms with Gasteiger partial charge in [0.25, 0.3) is 0 Å². The second kappa shape index (κ2) is 33.3. The molecule has 4 heterocycles. The van der Waals surface area contributed by atoms with E-state index in [0.717, 1.165) is 133 Å². The fraction of sp³-hybridized carbons (Fsp3) is 0.321. The summed E-state index contributed by atoms with van der Waals surface area (Å²) in [5.41, 5.74) is 26.7. The van der Waals surface area contributed by atoms with Crippen molar-refractivity contribution < 1.29 is 19.7 Å². The van der Waals surface area contributed by atoms with Crippen LogP contribution in [0.4, 0.5) is 0 Å². The van der Waals surface area contributed by atoms with Crippen LogP contribution in [0.15, 0.2) is 218 Å². The molecule has 0 spiro atoms. The van der Waals surface area contributed by atoms with Crippen LogP contribution in [0.1, 0.15) is 211 Å². The molecule has 0 amide bonds. The average Bonchev–Trinajstić information content (AvgIpc) is 0.750. The van der Waals surface area contributed by atoms with E-state index in [9.17, 15) is 10.2 Å². The van der Waals surface area contributed by atoms with E-state index in [1.165, 1.54) is 33.4 Å². The Kier molecular flexibility index (Phi) is 24.8. The molecule has 14 aromatic rings. The third-order valence-corrected chi connectivity index (χ3v) is 22.7. The van der Waals surface area contributed by atoms with E-state index in [2.05, 4.69) is 420 Å². The number of hydrogen-bond donors (Lipinski definition) is 2. The van der Waals surface area contributed by atoms with Crippen LogP contribution in [0.5, 0.6) is 23.0 Å². The second-order valence-electron chi connectivity index (χ2n) is 39.8. The number of fused-ring (bicyclic) bond motifs is 6. The molecule has 608 valence electrons. The van der Waals surface area contributed by atoms with Gasteiger partial charge in [-0.05, 0) is 183 Å². The summed E-state index contributed by atoms with van der Waals surface area (Å²) in [6.07, 6.45) is 0. The molecule has 10 aromatic carbocycles. The number of hydrogen-bond acceptors (Lipinski definition) is 8. The number of aromatic hydroxyl groups is 2. The van der Waals surface area contributed by atoms with E-state index < -0.39 is 0 Å². The van der Waals surface area contributed by atoms with Gasteiger partial charge < -0.3 is 19.7 Å². The number of ether oxygens (including phenoxy) is 2. The summed E-state index contributed by atoms with van der Waals surface area (Å²) in [5.74, 6) is 2.02. The van der Waals surface area contributed by atoms with Gasteiger partial charge in [0.1, 0.15) is 23.0 Å². The molecule has 0 aliphatic carbocycles. The molecule has 2 N–H and O–H groups in total. The Bertz CT molecular complexity index is 5700. The molecular weight excluding hydrogens is 1640 g/mol. The van der Waals surface area contributed by atoms with Gasteiger partial charge in [0.2, 0.25) is 0 Å². The van der Waals surface area contributed by atoms with Gasteiger partial charge in [-0.2, -0.15) is 0 Å². The van der Waals surface area contributed by atoms with Crippen molar-refractivity contribution in [2.24, 2.45) is 0 Å². The standard InChI is InChI=1S/C54H60N2O2.C52H56N2O2.BBr3/c1-51(2,3)37-23-17-33(18-24-37)41-29-39(53(7,8)9)31-43(49(41)57-13)45-27-21-35-15-16-36-22-28-46(56-48(36)47(35)55-45)44-32-40(54(10,11)12)30-42(50(44)58-14)34-19-25-38(26-20-34)52(4,5)6;1-49(2,3)35-21-15-31(16-22-35)39-27-37(51(7,8)9)29-41(47(39)55)43-25-19-33-13-14-34-20-26-44(54-46(34)45(33)53-43)42-30-38(52(10,11)12)28-40(48(42)56)32-17-23-36(24-18-32)50(4,5)6;2-1(3)4/h15-32H,1-14H3;13-30,55-56H,1-12H3;. The normalized spacial score (nSPS) is 12.5. The first kappa shape index (κ1) is 87.8. The zero-order chi connectivity index (χ0) is 86.1. The highest BCUT2D eigenvalue weighted by Gasteiger charge is 2.30. The number of nitrogens with zero attached hydrogens (tertiary/aromatic N) is 4. The van der Waals surface area contributed by atoms with Crippen molar-refractivity contribution in [3.05, 3.63) is 263 Å². The number of benzene rings is 10. The number of phenolic OH excluding ortho intramolecular Hbond substituents is 2. The van der Waals surface area contributed by atoms with Crippen LogP contribution in [0.3, 0.4) is 0 Å². The highest BCUT2D eigenvalue weighted by Crippen LogP contribution is 2.49. The molecule has 0 aliphatic rings. The summed E-state index contributed by atoms with van der Waals surface area (Å²) in [6, 6.07) is 77.4. The van der Waals surface area contributed by atoms with Crippen molar-refractivity contribution in [3.8, 4) is 113 Å². The van der Waals surface area contributed by atoms with Crippen LogP contribution in [0.2, 0.25) is 0 Å². The molecule has 4 aromatic heterocycles. The number of rotatable bonds is 10. The summed E-state index contributed by atoms with van der Waals surface area (Å²) in [7, 11) is 3.53. The highest BCUT2D eigenvalue weighted by atomic mass is 79.9. The lowest BCUT2D eigenvalue weighted by molar-refractivity contribution is 0.417. The summed E-state index contributed by atoms with van der Waals surface area (Å²) in [6.45, 7) is 53.4. The lowest BCUT2D eigenvalue weighted by Gasteiger charge is -2.24. The Morgan fingerprint density at radius 3 is 0.602 bits per heavy atom. The number of aromatic nitrogens is 4. The molecule has 14 rings (SSSR count). The Balaban J connectivity index is 0.000000208. The van der Waals surface area contributed by atoms with E-state index in [4.69, 9.17) is 29.4 Å². The number of methoxy groups -OCH3 is 2. The first-order chi connectivity index (χ1) is 55.0. The molecule has 0 saturated heterocycles. The molecule has 0 saturated carbocycles. The Labute approximate surface area is 727 Å². The van der Waals surface area contributed by atoms with E-state index in [1.807, 2.05) is 12.1 Å². The van der Waals surface area contributed by atoms with Crippen molar-refractivity contribution in [2.45, 2.75) is 209 Å². The van der Waals surface area contributed by atoms with Crippen molar-refractivity contribution in [3.63, 3.8) is 0 Å². The first-order valence-electron chi connectivity index (χ1n) is 41.0. The fourth-order valence-corrected chi connectivity index (χ4v) is 15.1. The van der Waals surface area contributed by atoms with Gasteiger partial charge in [-0.1, -0.05) is 312 Å². The minimum Gasteiger partial charge on any atom is -0.507 e. The second-order valence-corrected chi connectivity index (χ2v) is 46.2. The lowest BCUT2D eigenvalue weighted by atomic mass is 9.82. The van der Waals surface area contributed by atoms with Crippen molar-refractivity contribution in [2.75, 3.05) is 14.2 Å². The Morgan fingerprint density at radius 1 is 0.229 bits per heavy atom. The molecule has 12 heteroatoms. The molecule has 0 bridgehead atoms. The molecule has 8 nitrogen and oxygen atoms in total. The number of halogens is 3. The minimum atomic E-state index is -0.167. The number of pyridine rings is 4. The van der Waals surface area contributed by atoms with Gasteiger partial charge in [-0.25, -0.2) is 19.9 Å². The predicted molar refractivity (Wildman–Crippen MR) is 516 cm³/mol. The largest absolute Gasteiger partial charge is 0.507 e. The predicted octanol–water partition coefficient (Wildman–Crippen LogP) is 30.9. The van der Waals surface area contributed by atoms with E-state index >= 15 is 0 Å². The quantitative estimate of drug-likeness (QED) is 0.103. The molecule has 0 atom stereocenters. The molecule has 0 unspecified atom stereocenters. The van der Waals surface area contributed by atoms with Gasteiger partial charge in [0.05, 0.1) is 59.1 Å². The topological polar surface area (TPSA) is 110 Å². The van der Waals surface area contributed by atoms with Crippen molar-refractivity contribution in [1.29, 1.82) is 0 Å². The lowest BCUT2D eigenvalue weighted by Crippen LogP contribution is -2.12. The minimum absolute atomic E-state index is 0.0273. The smallest absolute Gasteiger partial charge is 0.369 e. The summed E-state index contributed by atoms with van der Waals surface area (Å²) in [4.78, 5) is 21.4. The molecule has 118 heavy (non-hydrogen) atoms. The zero-order valence-corrected chi connectivity index (χ0v) is 78.8. The fourth-order valence-electron chi connectivity index (χ4n) is 15.1. The molecule has 0 radical (unpaired) electrons. The third-order valence-electron chi connectivity index (χ3n) is 22.7. The Morgan fingerprint density at radius 2 is 0.398 bits per heavy atom. The van der Waals surface area contributed by atoms with Gasteiger partial charge in [0, 0.05) is 66.1 Å². The number of phenols is 2. The average molecular weight is 1760 g/mol. The third kappa shape index (κ3) is 19.2. The maximum atomic E-state index is 12.0. The van der Waals surface area contributed by atoms with Crippen LogP contribution in [-0.2, 0) is 43.3 Å². The van der Waals surface area contributed by atoms with E-state index in [-0.39, 0.29) is 58.0 Å². The van der Waals surface area contributed by atoms with E-state index in [0.29, 0.717) is 22.5 Å². The maximum Gasteiger partial charge on any atom is 0.369 e. The molecule has 0 fully saturated rings. The van der Waals surface area contributed by atoms with Gasteiger partial charge >= 0.3 is 3.18 Å². The summed E-state index contributed by atoms with van der Waals surface area (Å²) < 4.78 is 12.9. The monoisotopic (exact) mass is 1760 g/mol. The first-order valence-corrected chi connectivity index (χ1v) is 43.7. The zero-order valence-electron chi connectivity index (χ0n) is 74.0. The van der Waals surface area contributed by atoms with Crippen LogP contribution < -0.4 is 9.47 Å². The Hall–Kier alpha value is -9.46. The summed E-state index contributed by atoms with van der Waals surface area (Å²) in [5, 5.41) is 28.0. The highest BCUT2D eigenvalue weighted by molar-refractivity contribution is 9.69. The van der Waals surface area contributed by atoms with Crippen molar-refractivity contribution >= 4 is 94.1 Å².